The summed E-state index contributed by atoms with van der Waals surface area (Å²) in [6.07, 6.45) is -0.475. The molecule has 0 spiro atoms. The highest BCUT2D eigenvalue weighted by atomic mass is 79.9. The first-order chi connectivity index (χ1) is 9.84. The van der Waals surface area contributed by atoms with Crippen molar-refractivity contribution >= 4 is 54.9 Å². The summed E-state index contributed by atoms with van der Waals surface area (Å²) < 4.78 is 37.1. The molecule has 118 valence electrons. The second-order valence-corrected chi connectivity index (χ2v) is 9.27. The van der Waals surface area contributed by atoms with Crippen LogP contribution in [0.15, 0.2) is 14.1 Å². The Balaban J connectivity index is 2.14. The molecule has 10 heteroatoms. The molecule has 1 fully saturated rings. The van der Waals surface area contributed by atoms with Crippen LogP contribution in [0.2, 0.25) is 5.02 Å². The monoisotopic (exact) mass is 417 g/mol. The summed E-state index contributed by atoms with van der Waals surface area (Å²) >= 11 is 10.1. The van der Waals surface area contributed by atoms with Crippen LogP contribution in [0.1, 0.15) is 6.42 Å². The SMILES string of the molecule is COC(=O)CC1CN(S(=O)(=O)c2cc(Cl)c(Br)s2)CCO1. The van der Waals surface area contributed by atoms with Crippen LogP contribution in [0.4, 0.5) is 0 Å². The molecule has 1 unspecified atom stereocenters. The molecule has 0 aromatic carbocycles. The van der Waals surface area contributed by atoms with E-state index in [9.17, 15) is 13.2 Å². The molecule has 0 bridgehead atoms. The number of esters is 1. The zero-order valence-corrected chi connectivity index (χ0v) is 15.0. The van der Waals surface area contributed by atoms with Crippen LogP contribution in [0, 0.1) is 0 Å². The van der Waals surface area contributed by atoms with Crippen molar-refractivity contribution in [1.29, 1.82) is 0 Å². The Kier molecular flexibility index (Phi) is 5.66. The molecule has 1 aromatic rings. The predicted molar refractivity (Wildman–Crippen MR) is 82.2 cm³/mol. The smallest absolute Gasteiger partial charge is 0.308 e. The third kappa shape index (κ3) is 3.96. The fourth-order valence-corrected chi connectivity index (χ4v) is 5.89. The first-order valence-electron chi connectivity index (χ1n) is 5.98. The summed E-state index contributed by atoms with van der Waals surface area (Å²) in [6.45, 7) is 0.596. The lowest BCUT2D eigenvalue weighted by Gasteiger charge is -2.31. The van der Waals surface area contributed by atoms with Crippen LogP contribution >= 0.6 is 38.9 Å². The Hall–Kier alpha value is -0.190. The fraction of sp³-hybridized carbons (Fsp3) is 0.545. The van der Waals surface area contributed by atoms with Gasteiger partial charge in [-0.2, -0.15) is 4.31 Å². The molecule has 0 saturated carbocycles. The zero-order valence-electron chi connectivity index (χ0n) is 11.0. The first kappa shape index (κ1) is 17.2. The number of hydrogen-bond donors (Lipinski definition) is 0. The molecule has 1 aliphatic heterocycles. The van der Waals surface area contributed by atoms with Crippen molar-refractivity contribution in [2.24, 2.45) is 0 Å². The van der Waals surface area contributed by atoms with Gasteiger partial charge in [0.05, 0.1) is 35.1 Å². The molecule has 1 aliphatic rings. The molecular weight excluding hydrogens is 406 g/mol. The standard InChI is InChI=1S/C11H13BrClNO5S2/c1-18-9(15)4-7-6-14(2-3-19-7)21(16,17)10-5-8(13)11(12)20-10/h5,7H,2-4,6H2,1H3. The number of halogens is 2. The van der Waals surface area contributed by atoms with Gasteiger partial charge in [0.2, 0.25) is 0 Å². The van der Waals surface area contributed by atoms with E-state index in [1.807, 2.05) is 0 Å². The molecule has 1 aromatic heterocycles. The van der Waals surface area contributed by atoms with Crippen molar-refractivity contribution in [3.63, 3.8) is 0 Å². The van der Waals surface area contributed by atoms with E-state index >= 15 is 0 Å². The Labute approximate surface area is 140 Å². The van der Waals surface area contributed by atoms with Crippen molar-refractivity contribution in [1.82, 2.24) is 4.31 Å². The topological polar surface area (TPSA) is 72.9 Å². The van der Waals surface area contributed by atoms with Gasteiger partial charge in [-0.05, 0) is 22.0 Å². The predicted octanol–water partition coefficient (Wildman–Crippen LogP) is 2.12. The number of carbonyl (C=O) groups excluding carboxylic acids is 1. The van der Waals surface area contributed by atoms with Gasteiger partial charge in [-0.1, -0.05) is 11.6 Å². The molecule has 0 aliphatic carbocycles. The van der Waals surface area contributed by atoms with E-state index in [2.05, 4.69) is 20.7 Å². The molecule has 2 rings (SSSR count). The van der Waals surface area contributed by atoms with Gasteiger partial charge in [0.15, 0.2) is 0 Å². The number of ether oxygens (including phenoxy) is 2. The zero-order chi connectivity index (χ0) is 15.6. The van der Waals surface area contributed by atoms with E-state index in [-0.39, 0.29) is 30.3 Å². The number of hydrogen-bond acceptors (Lipinski definition) is 6. The molecule has 0 N–H and O–H groups in total. The summed E-state index contributed by atoms with van der Waals surface area (Å²) in [7, 11) is -2.35. The van der Waals surface area contributed by atoms with Gasteiger partial charge >= 0.3 is 5.97 Å². The minimum absolute atomic E-state index is 0.0252. The van der Waals surface area contributed by atoms with Crippen LogP contribution < -0.4 is 0 Å². The van der Waals surface area contributed by atoms with E-state index in [4.69, 9.17) is 16.3 Å². The van der Waals surface area contributed by atoms with Crippen molar-refractivity contribution in [3.05, 3.63) is 14.9 Å². The van der Waals surface area contributed by atoms with Crippen LogP contribution in [0.5, 0.6) is 0 Å². The average molecular weight is 419 g/mol. The minimum Gasteiger partial charge on any atom is -0.469 e. The van der Waals surface area contributed by atoms with Crippen molar-refractivity contribution in [2.45, 2.75) is 16.7 Å². The van der Waals surface area contributed by atoms with Crippen LogP contribution in [0.3, 0.4) is 0 Å². The van der Waals surface area contributed by atoms with Gasteiger partial charge in [-0.25, -0.2) is 8.42 Å². The number of thiophene rings is 1. The van der Waals surface area contributed by atoms with E-state index in [1.54, 1.807) is 0 Å². The van der Waals surface area contributed by atoms with E-state index in [0.717, 1.165) is 11.3 Å². The summed E-state index contributed by atoms with van der Waals surface area (Å²) in [5.74, 6) is -0.429. The average Bonchev–Trinajstić information content (AvgIpc) is 2.79. The molecule has 0 amide bonds. The van der Waals surface area contributed by atoms with Crippen molar-refractivity contribution < 1.29 is 22.7 Å². The number of nitrogens with zero attached hydrogens (tertiary/aromatic N) is 1. The van der Waals surface area contributed by atoms with Gasteiger partial charge in [-0.15, -0.1) is 11.3 Å². The lowest BCUT2D eigenvalue weighted by atomic mass is 10.2. The quantitative estimate of drug-likeness (QED) is 0.700. The largest absolute Gasteiger partial charge is 0.469 e. The van der Waals surface area contributed by atoms with Gasteiger partial charge in [0.1, 0.15) is 4.21 Å². The summed E-state index contributed by atoms with van der Waals surface area (Å²) in [5, 5.41) is 0.359. The van der Waals surface area contributed by atoms with Crippen molar-refractivity contribution in [2.75, 3.05) is 26.8 Å². The fourth-order valence-electron chi connectivity index (χ4n) is 1.88. The second kappa shape index (κ2) is 6.93. The Morgan fingerprint density at radius 3 is 2.95 bits per heavy atom. The van der Waals surface area contributed by atoms with E-state index < -0.39 is 22.1 Å². The van der Waals surface area contributed by atoms with Crippen LogP contribution in [-0.4, -0.2) is 51.6 Å². The molecule has 21 heavy (non-hydrogen) atoms. The number of sulfonamides is 1. The summed E-state index contributed by atoms with van der Waals surface area (Å²) in [4.78, 5) is 11.3. The maximum absolute atomic E-state index is 12.5. The Morgan fingerprint density at radius 2 is 2.38 bits per heavy atom. The normalized spacial score (nSPS) is 20.4. The molecule has 1 saturated heterocycles. The number of rotatable bonds is 4. The maximum Gasteiger partial charge on any atom is 0.308 e. The van der Waals surface area contributed by atoms with Gasteiger partial charge in [0.25, 0.3) is 10.0 Å². The number of carbonyl (C=O) groups is 1. The van der Waals surface area contributed by atoms with E-state index in [0.29, 0.717) is 8.81 Å². The highest BCUT2D eigenvalue weighted by Crippen LogP contribution is 2.36. The summed E-state index contributed by atoms with van der Waals surface area (Å²) in [5.41, 5.74) is 0. The number of methoxy groups -OCH3 is 1. The lowest BCUT2D eigenvalue weighted by Crippen LogP contribution is -2.46. The minimum atomic E-state index is -3.63. The number of morpholine rings is 1. The highest BCUT2D eigenvalue weighted by molar-refractivity contribution is 9.11. The summed E-state index contributed by atoms with van der Waals surface area (Å²) in [6, 6.07) is 1.41. The van der Waals surface area contributed by atoms with Crippen LogP contribution in [-0.2, 0) is 24.3 Å². The van der Waals surface area contributed by atoms with Gasteiger partial charge in [0, 0.05) is 13.1 Å². The van der Waals surface area contributed by atoms with E-state index in [1.165, 1.54) is 17.5 Å². The lowest BCUT2D eigenvalue weighted by molar-refractivity contribution is -0.145. The second-order valence-electron chi connectivity index (χ2n) is 4.32. The first-order valence-corrected chi connectivity index (χ1v) is 9.40. The molecular formula is C11H13BrClNO5S2. The Morgan fingerprint density at radius 1 is 1.67 bits per heavy atom. The maximum atomic E-state index is 12.5. The molecule has 2 heterocycles. The molecule has 6 nitrogen and oxygen atoms in total. The Bertz CT molecular complexity index is 613. The third-order valence-electron chi connectivity index (χ3n) is 2.94. The molecule has 0 radical (unpaired) electrons. The highest BCUT2D eigenvalue weighted by Gasteiger charge is 2.33. The van der Waals surface area contributed by atoms with Gasteiger partial charge < -0.3 is 9.47 Å². The van der Waals surface area contributed by atoms with Crippen molar-refractivity contribution in [3.8, 4) is 0 Å². The van der Waals surface area contributed by atoms with Crippen LogP contribution in [0.25, 0.3) is 0 Å². The third-order valence-corrected chi connectivity index (χ3v) is 7.73. The van der Waals surface area contributed by atoms with Gasteiger partial charge in [-0.3, -0.25) is 4.79 Å². The molecule has 1 atom stereocenters.